The van der Waals surface area contributed by atoms with Gasteiger partial charge in [-0.15, -0.1) is 11.3 Å². The summed E-state index contributed by atoms with van der Waals surface area (Å²) in [5.41, 5.74) is 1.61. The smallest absolute Gasteiger partial charge is 0.262 e. The van der Waals surface area contributed by atoms with Crippen molar-refractivity contribution < 1.29 is 9.18 Å². The Hall–Kier alpha value is -2.54. The highest BCUT2D eigenvalue weighted by Crippen LogP contribution is 2.28. The summed E-state index contributed by atoms with van der Waals surface area (Å²) in [6, 6.07) is 6.23. The average Bonchev–Trinajstić information content (AvgIpc) is 3.22. The fourth-order valence-corrected chi connectivity index (χ4v) is 4.45. The molecule has 2 aromatic heterocycles. The summed E-state index contributed by atoms with van der Waals surface area (Å²) in [5, 5.41) is 3.44. The van der Waals surface area contributed by atoms with E-state index in [2.05, 4.69) is 10.3 Å². The summed E-state index contributed by atoms with van der Waals surface area (Å²) < 4.78 is 14.6. The molecule has 3 heterocycles. The summed E-state index contributed by atoms with van der Waals surface area (Å²) in [6.45, 7) is 2.95. The minimum Gasteiger partial charge on any atom is -0.351 e. The maximum Gasteiger partial charge on any atom is 0.262 e. The Labute approximate surface area is 153 Å². The molecule has 0 atom stereocenters. The van der Waals surface area contributed by atoms with Crippen molar-refractivity contribution in [2.24, 2.45) is 0 Å². The van der Waals surface area contributed by atoms with E-state index in [1.165, 1.54) is 23.5 Å². The number of carbonyl (C=O) groups is 1. The van der Waals surface area contributed by atoms with Gasteiger partial charge in [0.25, 0.3) is 11.5 Å². The maximum atomic E-state index is 12.9. The SMILES string of the molecule is Cc1c(C(=O)NCCc2ccc(F)cc2)sc2nc3n(c(=O)c12)CCC3. The first kappa shape index (κ1) is 16.9. The monoisotopic (exact) mass is 371 g/mol. The predicted octanol–water partition coefficient (Wildman–Crippen LogP) is 2.82. The molecule has 1 amide bonds. The van der Waals surface area contributed by atoms with Gasteiger partial charge in [-0.2, -0.15) is 0 Å². The number of benzene rings is 1. The lowest BCUT2D eigenvalue weighted by Gasteiger charge is -2.05. The van der Waals surface area contributed by atoms with E-state index in [-0.39, 0.29) is 17.3 Å². The summed E-state index contributed by atoms with van der Waals surface area (Å²) in [4.78, 5) is 31.0. The van der Waals surface area contributed by atoms with Crippen LogP contribution in [0.3, 0.4) is 0 Å². The number of rotatable bonds is 4. The molecule has 0 saturated heterocycles. The van der Waals surface area contributed by atoms with Crippen molar-refractivity contribution in [3.63, 3.8) is 0 Å². The molecule has 134 valence electrons. The van der Waals surface area contributed by atoms with Gasteiger partial charge in [-0.25, -0.2) is 9.37 Å². The van der Waals surface area contributed by atoms with Crippen LogP contribution in [0.15, 0.2) is 29.1 Å². The molecule has 1 aliphatic heterocycles. The van der Waals surface area contributed by atoms with Crippen molar-refractivity contribution in [3.8, 4) is 0 Å². The third-order valence-corrected chi connectivity index (χ3v) is 5.91. The second-order valence-corrected chi connectivity index (χ2v) is 7.46. The number of halogens is 1. The number of hydrogen-bond donors (Lipinski definition) is 1. The Morgan fingerprint density at radius 1 is 1.35 bits per heavy atom. The molecule has 0 radical (unpaired) electrons. The van der Waals surface area contributed by atoms with Crippen LogP contribution in [-0.2, 0) is 19.4 Å². The van der Waals surface area contributed by atoms with Crippen LogP contribution in [0.5, 0.6) is 0 Å². The molecule has 3 aromatic rings. The van der Waals surface area contributed by atoms with Crippen LogP contribution in [0, 0.1) is 12.7 Å². The highest BCUT2D eigenvalue weighted by atomic mass is 32.1. The lowest BCUT2D eigenvalue weighted by Crippen LogP contribution is -2.25. The fourth-order valence-electron chi connectivity index (χ4n) is 3.34. The van der Waals surface area contributed by atoms with E-state index in [1.54, 1.807) is 23.6 Å². The van der Waals surface area contributed by atoms with Crippen molar-refractivity contribution >= 4 is 27.5 Å². The summed E-state index contributed by atoms with van der Waals surface area (Å²) >= 11 is 1.27. The number of carbonyl (C=O) groups excluding carboxylic acids is 1. The highest BCUT2D eigenvalue weighted by Gasteiger charge is 2.23. The number of aryl methyl sites for hydroxylation is 2. The van der Waals surface area contributed by atoms with Gasteiger partial charge in [0.05, 0.1) is 10.3 Å². The molecular formula is C19H18FN3O2S. The van der Waals surface area contributed by atoms with Crippen LogP contribution < -0.4 is 10.9 Å². The third-order valence-electron chi connectivity index (χ3n) is 4.73. The molecule has 0 spiro atoms. The van der Waals surface area contributed by atoms with Gasteiger partial charge in [0.2, 0.25) is 0 Å². The molecule has 5 nitrogen and oxygen atoms in total. The molecule has 1 aliphatic rings. The lowest BCUT2D eigenvalue weighted by atomic mass is 10.1. The van der Waals surface area contributed by atoms with Crippen LogP contribution in [0.25, 0.3) is 10.2 Å². The molecule has 0 unspecified atom stereocenters. The Bertz CT molecular complexity index is 1050. The summed E-state index contributed by atoms with van der Waals surface area (Å²) in [7, 11) is 0. The Morgan fingerprint density at radius 3 is 2.88 bits per heavy atom. The van der Waals surface area contributed by atoms with Crippen LogP contribution in [0.2, 0.25) is 0 Å². The number of nitrogens with zero attached hydrogens (tertiary/aromatic N) is 2. The number of amides is 1. The first-order chi connectivity index (χ1) is 12.5. The van der Waals surface area contributed by atoms with Crippen LogP contribution in [0.4, 0.5) is 4.39 Å². The number of fused-ring (bicyclic) bond motifs is 2. The lowest BCUT2D eigenvalue weighted by molar-refractivity contribution is 0.0957. The van der Waals surface area contributed by atoms with Gasteiger partial charge in [-0.05, 0) is 43.0 Å². The molecular weight excluding hydrogens is 353 g/mol. The molecule has 4 rings (SSSR count). The van der Waals surface area contributed by atoms with Crippen molar-refractivity contribution in [1.82, 2.24) is 14.9 Å². The van der Waals surface area contributed by atoms with E-state index in [9.17, 15) is 14.0 Å². The van der Waals surface area contributed by atoms with E-state index >= 15 is 0 Å². The summed E-state index contributed by atoms with van der Waals surface area (Å²) in [6.07, 6.45) is 2.36. The number of aromatic nitrogens is 2. The van der Waals surface area contributed by atoms with Gasteiger partial charge in [0.1, 0.15) is 16.5 Å². The van der Waals surface area contributed by atoms with Gasteiger partial charge in [0.15, 0.2) is 0 Å². The molecule has 1 N–H and O–H groups in total. The topological polar surface area (TPSA) is 64.0 Å². The van der Waals surface area contributed by atoms with Gasteiger partial charge in [-0.3, -0.25) is 14.2 Å². The molecule has 7 heteroatoms. The van der Waals surface area contributed by atoms with E-state index in [0.717, 1.165) is 24.2 Å². The van der Waals surface area contributed by atoms with Crippen LogP contribution in [-0.4, -0.2) is 22.0 Å². The van der Waals surface area contributed by atoms with Crippen LogP contribution >= 0.6 is 11.3 Å². The van der Waals surface area contributed by atoms with Gasteiger partial charge in [0, 0.05) is 19.5 Å². The second kappa shape index (κ2) is 6.64. The molecule has 26 heavy (non-hydrogen) atoms. The number of hydrogen-bond acceptors (Lipinski definition) is 4. The first-order valence-electron chi connectivity index (χ1n) is 8.60. The number of nitrogens with one attached hydrogen (secondary N) is 1. The normalized spacial score (nSPS) is 13.2. The minimum absolute atomic E-state index is 0.0402. The Balaban J connectivity index is 1.54. The zero-order chi connectivity index (χ0) is 18.3. The Kier molecular flexibility index (Phi) is 4.32. The number of thiophene rings is 1. The fraction of sp³-hybridized carbons (Fsp3) is 0.316. The van der Waals surface area contributed by atoms with Crippen LogP contribution in [0.1, 0.15) is 33.0 Å². The third kappa shape index (κ3) is 2.92. The zero-order valence-corrected chi connectivity index (χ0v) is 15.2. The largest absolute Gasteiger partial charge is 0.351 e. The molecule has 1 aromatic carbocycles. The van der Waals surface area contributed by atoms with Crippen molar-refractivity contribution in [1.29, 1.82) is 0 Å². The van der Waals surface area contributed by atoms with E-state index < -0.39 is 0 Å². The minimum atomic E-state index is -0.274. The molecule has 0 fully saturated rings. The van der Waals surface area contributed by atoms with E-state index in [1.807, 2.05) is 0 Å². The summed E-state index contributed by atoms with van der Waals surface area (Å²) in [5.74, 6) is 0.341. The zero-order valence-electron chi connectivity index (χ0n) is 14.3. The van der Waals surface area contributed by atoms with Gasteiger partial charge >= 0.3 is 0 Å². The maximum absolute atomic E-state index is 12.9. The van der Waals surface area contributed by atoms with Gasteiger partial charge in [-0.1, -0.05) is 12.1 Å². The molecule has 0 aliphatic carbocycles. The van der Waals surface area contributed by atoms with E-state index in [0.29, 0.717) is 40.2 Å². The van der Waals surface area contributed by atoms with Crippen molar-refractivity contribution in [2.45, 2.75) is 32.7 Å². The first-order valence-corrected chi connectivity index (χ1v) is 9.41. The Morgan fingerprint density at radius 2 is 2.12 bits per heavy atom. The van der Waals surface area contributed by atoms with Crippen molar-refractivity contribution in [3.05, 3.63) is 62.3 Å². The van der Waals surface area contributed by atoms with E-state index in [4.69, 9.17) is 0 Å². The average molecular weight is 371 g/mol. The quantitative estimate of drug-likeness (QED) is 0.767. The standard InChI is InChI=1S/C19H18FN3O2S/c1-11-15-18(22-14-3-2-10-23(14)19(15)25)26-16(11)17(24)21-9-8-12-4-6-13(20)7-5-12/h4-7H,2-3,8-10H2,1H3,(H,21,24). The highest BCUT2D eigenvalue weighted by molar-refractivity contribution is 7.20. The second-order valence-electron chi connectivity index (χ2n) is 6.46. The molecule has 0 bridgehead atoms. The molecule has 0 saturated carbocycles. The van der Waals surface area contributed by atoms with Crippen molar-refractivity contribution in [2.75, 3.05) is 6.54 Å². The van der Waals surface area contributed by atoms with Gasteiger partial charge < -0.3 is 5.32 Å². The predicted molar refractivity (Wildman–Crippen MR) is 99.4 cm³/mol.